The summed E-state index contributed by atoms with van der Waals surface area (Å²) in [7, 11) is 0. The van der Waals surface area contributed by atoms with Crippen LogP contribution in [0.3, 0.4) is 0 Å². The molecule has 13 nitrogen and oxygen atoms in total. The molecule has 1 aliphatic heterocycles. The van der Waals surface area contributed by atoms with Crippen molar-refractivity contribution in [1.29, 1.82) is 0 Å². The molecule has 5 rings (SSSR count). The maximum atomic E-state index is 14.6. The number of halogens is 6. The minimum absolute atomic E-state index is 0.00344. The second-order valence-corrected chi connectivity index (χ2v) is 12.1. The second-order valence-electron chi connectivity index (χ2n) is 12.1. The average molecular weight is 768 g/mol. The highest BCUT2D eigenvalue weighted by molar-refractivity contribution is 6.01. The number of aliphatic imine (C=N–C) groups is 1. The monoisotopic (exact) mass is 767 g/mol. The predicted octanol–water partition coefficient (Wildman–Crippen LogP) is 8.56. The van der Waals surface area contributed by atoms with Gasteiger partial charge in [0.05, 0.1) is 24.3 Å². The Labute approximate surface area is 308 Å². The molecule has 0 aliphatic carbocycles. The Balaban J connectivity index is 1.61. The number of ether oxygens (including phenoxy) is 2. The third-order valence-corrected chi connectivity index (χ3v) is 8.43. The summed E-state index contributed by atoms with van der Waals surface area (Å²) in [4.78, 5) is 25.2. The number of amides is 1. The van der Waals surface area contributed by atoms with E-state index < -0.39 is 53.1 Å². The summed E-state index contributed by atoms with van der Waals surface area (Å²) >= 11 is 0. The molecular formula is C36H31F6N9O4. The molecule has 55 heavy (non-hydrogen) atoms. The van der Waals surface area contributed by atoms with Crippen LogP contribution in [0, 0.1) is 0 Å². The molecule has 4 aromatic rings. The van der Waals surface area contributed by atoms with Gasteiger partial charge in [-0.3, -0.25) is 10.2 Å². The number of hydrogen-bond donors (Lipinski definition) is 3. The minimum Gasteiger partial charge on any atom is -0.494 e. The van der Waals surface area contributed by atoms with Crippen LogP contribution in [-0.4, -0.2) is 35.7 Å². The van der Waals surface area contributed by atoms with E-state index in [0.717, 1.165) is 0 Å². The van der Waals surface area contributed by atoms with Crippen LogP contribution in [0.15, 0.2) is 106 Å². The largest absolute Gasteiger partial charge is 0.494 e. The number of azide groups is 2. The molecule has 1 heterocycles. The van der Waals surface area contributed by atoms with Crippen molar-refractivity contribution in [2.75, 3.05) is 13.2 Å². The molecule has 3 N–H and O–H groups in total. The van der Waals surface area contributed by atoms with Gasteiger partial charge in [-0.25, -0.2) is 10.4 Å². The van der Waals surface area contributed by atoms with Crippen LogP contribution >= 0.6 is 0 Å². The number of alkyl halides is 6. The maximum Gasteiger partial charge on any atom is 0.416 e. The van der Waals surface area contributed by atoms with Crippen molar-refractivity contribution in [2.24, 2.45) is 15.2 Å². The molecule has 4 aromatic carbocycles. The summed E-state index contributed by atoms with van der Waals surface area (Å²) in [5, 5.41) is 16.5. The summed E-state index contributed by atoms with van der Waals surface area (Å²) in [5.74, 6) is -0.503. The number of benzene rings is 4. The highest BCUT2D eigenvalue weighted by Crippen LogP contribution is 2.46. The van der Waals surface area contributed by atoms with Crippen LogP contribution in [0.4, 0.5) is 32.0 Å². The van der Waals surface area contributed by atoms with Gasteiger partial charge in [0, 0.05) is 52.6 Å². The summed E-state index contributed by atoms with van der Waals surface area (Å²) in [6.07, 6.45) is -11.4. The topological polar surface area (TPSA) is 190 Å². The van der Waals surface area contributed by atoms with Gasteiger partial charge in [0.15, 0.2) is 11.6 Å². The van der Waals surface area contributed by atoms with Crippen molar-refractivity contribution in [3.05, 3.63) is 151 Å². The number of hydrogen-bond acceptors (Lipinski definition) is 8. The fraction of sp³-hybridized carbons (Fsp3) is 0.278. The maximum absolute atomic E-state index is 14.6. The lowest BCUT2D eigenvalue weighted by Crippen LogP contribution is -2.53. The molecule has 0 radical (unpaired) electrons. The van der Waals surface area contributed by atoms with E-state index in [9.17, 15) is 36.7 Å². The van der Waals surface area contributed by atoms with Crippen LogP contribution in [0.5, 0.6) is 5.75 Å². The Hall–Kier alpha value is -6.26. The van der Waals surface area contributed by atoms with E-state index in [0.29, 0.717) is 41.0 Å². The Morgan fingerprint density at radius 1 is 0.909 bits per heavy atom. The van der Waals surface area contributed by atoms with Gasteiger partial charge in [-0.15, -0.1) is 0 Å². The molecule has 286 valence electrons. The lowest BCUT2D eigenvalue weighted by atomic mass is 9.80. The highest BCUT2D eigenvalue weighted by Gasteiger charge is 2.54. The lowest BCUT2D eigenvalue weighted by Gasteiger charge is -2.32. The molecule has 0 aromatic heterocycles. The van der Waals surface area contributed by atoms with Crippen LogP contribution in [0.2, 0.25) is 0 Å². The van der Waals surface area contributed by atoms with Gasteiger partial charge in [-0.05, 0) is 70.2 Å². The zero-order valence-electron chi connectivity index (χ0n) is 28.6. The van der Waals surface area contributed by atoms with Crippen molar-refractivity contribution in [2.45, 2.75) is 49.9 Å². The standard InChI is InChI=1S/C36H31F6N9O4/c37-35(38,39)26-16-22(17-27(18-26)36(40,41)42)20-45-49-33(53)34(19-24-6-1-2-7-25(24)21-46-50-43)31(29-8-3-4-9-30(29)48-51-44)55-32(47-34)23-10-12-28(13-11-23)54-15-5-14-52/h1-4,6-13,16-18,31,45,52H,5,14-15,19-21H2,(H,49,53)/t31-,34-/m0/s1. The number of aliphatic hydroxyl groups is 1. The normalized spacial score (nSPS) is 16.6. The summed E-state index contributed by atoms with van der Waals surface area (Å²) in [6.45, 7) is -0.609. The third kappa shape index (κ3) is 9.65. The first kappa shape index (κ1) is 39.9. The van der Waals surface area contributed by atoms with Crippen molar-refractivity contribution in [3.8, 4) is 5.75 Å². The van der Waals surface area contributed by atoms with Gasteiger partial charge in [-0.1, -0.05) is 58.8 Å². The minimum atomic E-state index is -5.09. The number of aliphatic hydroxyl groups excluding tert-OH is 1. The Morgan fingerprint density at radius 2 is 1.56 bits per heavy atom. The molecule has 2 atom stereocenters. The number of hydrazine groups is 1. The van der Waals surface area contributed by atoms with Crippen LogP contribution in [-0.2, 0) is 41.4 Å². The van der Waals surface area contributed by atoms with E-state index in [4.69, 9.17) is 25.1 Å². The number of nitrogens with zero attached hydrogens (tertiary/aromatic N) is 7. The van der Waals surface area contributed by atoms with Gasteiger partial charge in [0.2, 0.25) is 5.90 Å². The fourth-order valence-electron chi connectivity index (χ4n) is 5.85. The van der Waals surface area contributed by atoms with E-state index in [1.807, 2.05) is 0 Å². The first-order valence-electron chi connectivity index (χ1n) is 16.4. The zero-order chi connectivity index (χ0) is 39.6. The van der Waals surface area contributed by atoms with Crippen LogP contribution in [0.1, 0.15) is 51.5 Å². The SMILES string of the molecule is [N-]=[N+]=NCc1ccccc1C[C@]1(C(=O)NNCc2cc(C(F)(F)F)cc(C(F)(F)F)c2)N=C(c2ccc(OCCCO)cc2)O[C@H]1c1ccccc1N=[N+]=[N-]. The van der Waals surface area contributed by atoms with Gasteiger partial charge < -0.3 is 14.6 Å². The first-order valence-corrected chi connectivity index (χ1v) is 16.4. The number of carbonyl (C=O) groups excluding carboxylic acids is 1. The first-order chi connectivity index (χ1) is 26.3. The molecule has 0 saturated carbocycles. The lowest BCUT2D eigenvalue weighted by molar-refractivity contribution is -0.143. The van der Waals surface area contributed by atoms with Gasteiger partial charge >= 0.3 is 12.4 Å². The number of rotatable bonds is 15. The predicted molar refractivity (Wildman–Crippen MR) is 186 cm³/mol. The van der Waals surface area contributed by atoms with E-state index in [2.05, 4.69) is 30.9 Å². The summed E-state index contributed by atoms with van der Waals surface area (Å²) < 4.78 is 93.4. The van der Waals surface area contributed by atoms with E-state index in [-0.39, 0.29) is 49.4 Å². The molecule has 0 bridgehead atoms. The second kappa shape index (κ2) is 17.3. The van der Waals surface area contributed by atoms with Crippen molar-refractivity contribution in [1.82, 2.24) is 10.9 Å². The van der Waals surface area contributed by atoms with E-state index in [1.165, 1.54) is 6.07 Å². The third-order valence-electron chi connectivity index (χ3n) is 8.43. The Morgan fingerprint density at radius 3 is 2.20 bits per heavy atom. The quantitative estimate of drug-likeness (QED) is 0.0272. The van der Waals surface area contributed by atoms with Crippen LogP contribution < -0.4 is 15.6 Å². The van der Waals surface area contributed by atoms with Gasteiger partial charge in [0.25, 0.3) is 5.91 Å². The Bertz CT molecular complexity index is 2100. The number of nitrogens with one attached hydrogen (secondary N) is 2. The average Bonchev–Trinajstić information content (AvgIpc) is 3.54. The van der Waals surface area contributed by atoms with Crippen molar-refractivity contribution < 1.29 is 45.7 Å². The smallest absolute Gasteiger partial charge is 0.416 e. The van der Waals surface area contributed by atoms with Gasteiger partial charge in [0.1, 0.15) is 5.75 Å². The Kier molecular flexibility index (Phi) is 12.5. The summed E-state index contributed by atoms with van der Waals surface area (Å²) in [5.41, 5.74) is 19.4. The molecule has 0 unspecified atom stereocenters. The number of carbonyl (C=O) groups is 1. The molecule has 0 spiro atoms. The van der Waals surface area contributed by atoms with Crippen molar-refractivity contribution >= 4 is 17.5 Å². The molecule has 0 saturated heterocycles. The zero-order valence-corrected chi connectivity index (χ0v) is 28.6. The highest BCUT2D eigenvalue weighted by atomic mass is 19.4. The van der Waals surface area contributed by atoms with Crippen LogP contribution in [0.25, 0.3) is 20.9 Å². The van der Waals surface area contributed by atoms with Gasteiger partial charge in [-0.2, -0.15) is 26.3 Å². The molecule has 0 fully saturated rings. The molecule has 19 heteroatoms. The van der Waals surface area contributed by atoms with Crippen molar-refractivity contribution in [3.63, 3.8) is 0 Å². The van der Waals surface area contributed by atoms with E-state index in [1.54, 1.807) is 66.7 Å². The molecule has 1 aliphatic rings. The molecule has 1 amide bonds. The fourth-order valence-corrected chi connectivity index (χ4v) is 5.85. The summed E-state index contributed by atoms with van der Waals surface area (Å²) in [6, 6.07) is 20.4. The van der Waals surface area contributed by atoms with E-state index >= 15 is 0 Å². The molecular weight excluding hydrogens is 736 g/mol.